The van der Waals surface area contributed by atoms with Crippen LogP contribution in [0.15, 0.2) is 84.9 Å². The molecule has 0 aromatic heterocycles. The van der Waals surface area contributed by atoms with Gasteiger partial charge in [0.05, 0.1) is 6.61 Å². The van der Waals surface area contributed by atoms with Crippen LogP contribution in [-0.4, -0.2) is 11.4 Å². The minimum atomic E-state index is -0.198. The molecule has 2 atom stereocenters. The van der Waals surface area contributed by atoms with Crippen LogP contribution in [0.5, 0.6) is 0 Å². The second-order valence-corrected chi connectivity index (χ2v) is 7.80. The highest BCUT2D eigenvalue weighted by Crippen LogP contribution is 2.51. The van der Waals surface area contributed by atoms with Crippen LogP contribution in [0.2, 0.25) is 0 Å². The summed E-state index contributed by atoms with van der Waals surface area (Å²) in [6.07, 6.45) is 2.27. The molecule has 27 heavy (non-hydrogen) atoms. The zero-order valence-electron chi connectivity index (χ0n) is 15.6. The number of benzene rings is 3. The van der Waals surface area contributed by atoms with Gasteiger partial charge in [-0.05, 0) is 35.1 Å². The molecule has 0 radical (unpaired) electrons. The smallest absolute Gasteiger partial charge is 0.107 e. The Kier molecular flexibility index (Phi) is 4.31. The van der Waals surface area contributed by atoms with Gasteiger partial charge in [-0.25, -0.2) is 0 Å². The van der Waals surface area contributed by atoms with E-state index < -0.39 is 0 Å². The number of fused-ring (bicyclic) bond motifs is 2. The topological polar surface area (TPSA) is 12.5 Å². The number of hydrogen-bond donors (Lipinski definition) is 0. The van der Waals surface area contributed by atoms with E-state index >= 15 is 0 Å². The Bertz CT molecular complexity index is 908. The van der Waals surface area contributed by atoms with E-state index in [-0.39, 0.29) is 5.60 Å². The lowest BCUT2D eigenvalue weighted by atomic mass is 9.71. The highest BCUT2D eigenvalue weighted by Gasteiger charge is 2.49. The Labute approximate surface area is 161 Å². The highest BCUT2D eigenvalue weighted by molar-refractivity contribution is 5.41. The lowest BCUT2D eigenvalue weighted by Gasteiger charge is -2.53. The van der Waals surface area contributed by atoms with E-state index in [4.69, 9.17) is 4.74 Å². The number of hydrogen-bond acceptors (Lipinski definition) is 2. The van der Waals surface area contributed by atoms with Crippen LogP contribution in [0, 0.1) is 0 Å². The SMILES string of the molecule is c1ccc(COC23CCC(c4ccccc42)N(Cc2ccccc2)C3)cc1. The van der Waals surface area contributed by atoms with E-state index in [0.717, 1.165) is 19.5 Å². The monoisotopic (exact) mass is 355 g/mol. The molecule has 2 unspecified atom stereocenters. The third-order valence-corrected chi connectivity index (χ3v) is 6.12. The maximum atomic E-state index is 6.70. The summed E-state index contributed by atoms with van der Waals surface area (Å²) in [5.41, 5.74) is 5.28. The number of rotatable bonds is 5. The van der Waals surface area contributed by atoms with Gasteiger partial charge in [-0.15, -0.1) is 0 Å². The molecular formula is C25H25NO. The molecule has 1 saturated heterocycles. The van der Waals surface area contributed by atoms with Crippen molar-refractivity contribution in [2.45, 2.75) is 37.6 Å². The lowest BCUT2D eigenvalue weighted by Crippen LogP contribution is -2.53. The molecule has 0 N–H and O–H groups in total. The Balaban J connectivity index is 1.46. The molecule has 136 valence electrons. The van der Waals surface area contributed by atoms with Gasteiger partial charge in [0.15, 0.2) is 0 Å². The zero-order chi connectivity index (χ0) is 18.1. The van der Waals surface area contributed by atoms with Gasteiger partial charge in [-0.1, -0.05) is 84.9 Å². The van der Waals surface area contributed by atoms with Crippen molar-refractivity contribution in [3.63, 3.8) is 0 Å². The third kappa shape index (κ3) is 3.09. The fraction of sp³-hybridized carbons (Fsp3) is 0.280. The van der Waals surface area contributed by atoms with E-state index in [2.05, 4.69) is 89.8 Å². The van der Waals surface area contributed by atoms with Crippen LogP contribution in [0.4, 0.5) is 0 Å². The van der Waals surface area contributed by atoms with Crippen LogP contribution in [0.1, 0.15) is 41.1 Å². The first-order valence-corrected chi connectivity index (χ1v) is 9.89. The third-order valence-electron chi connectivity index (χ3n) is 6.12. The molecule has 0 amide bonds. The summed E-state index contributed by atoms with van der Waals surface area (Å²) in [5, 5.41) is 0. The standard InChI is InChI=1S/C25H25NO/c1-3-9-20(10-4-1)17-26-19-25(27-18-21-11-5-2-6-12-21)16-15-24(26)22-13-7-8-14-23(22)25/h1-14,24H,15-19H2. The average Bonchev–Trinajstić information content (AvgIpc) is 2.75. The van der Waals surface area contributed by atoms with Crippen LogP contribution in [-0.2, 0) is 23.5 Å². The average molecular weight is 355 g/mol. The fourth-order valence-electron chi connectivity index (χ4n) is 4.82. The normalized spacial score (nSPS) is 23.9. The van der Waals surface area contributed by atoms with Gasteiger partial charge in [-0.2, -0.15) is 0 Å². The molecule has 2 nitrogen and oxygen atoms in total. The van der Waals surface area contributed by atoms with Crippen molar-refractivity contribution in [1.29, 1.82) is 0 Å². The number of piperidine rings is 1. The molecule has 0 spiro atoms. The van der Waals surface area contributed by atoms with Gasteiger partial charge in [0.2, 0.25) is 0 Å². The minimum absolute atomic E-state index is 0.198. The molecule has 3 aliphatic rings. The highest BCUT2D eigenvalue weighted by atomic mass is 16.5. The van der Waals surface area contributed by atoms with E-state index in [0.29, 0.717) is 12.6 Å². The first-order valence-electron chi connectivity index (χ1n) is 9.89. The maximum absolute atomic E-state index is 6.70. The Morgan fingerprint density at radius 1 is 0.815 bits per heavy atom. The summed E-state index contributed by atoms with van der Waals surface area (Å²) in [6.45, 7) is 2.62. The van der Waals surface area contributed by atoms with Gasteiger partial charge in [0, 0.05) is 19.1 Å². The molecule has 6 rings (SSSR count). The summed E-state index contributed by atoms with van der Waals surface area (Å²) in [4.78, 5) is 2.62. The first kappa shape index (κ1) is 16.7. The van der Waals surface area contributed by atoms with Gasteiger partial charge in [0.25, 0.3) is 0 Å². The number of nitrogens with zero attached hydrogens (tertiary/aromatic N) is 1. The molecule has 1 fully saturated rings. The summed E-state index contributed by atoms with van der Waals surface area (Å²) in [6, 6.07) is 30.8. The van der Waals surface area contributed by atoms with Gasteiger partial charge in [0.1, 0.15) is 5.60 Å². The first-order chi connectivity index (χ1) is 13.3. The molecule has 2 bridgehead atoms. The summed E-state index contributed by atoms with van der Waals surface area (Å²) < 4.78 is 6.70. The molecule has 2 heteroatoms. The maximum Gasteiger partial charge on any atom is 0.107 e. The van der Waals surface area contributed by atoms with Crippen molar-refractivity contribution in [3.8, 4) is 0 Å². The van der Waals surface area contributed by atoms with E-state index in [1.807, 2.05) is 0 Å². The zero-order valence-corrected chi connectivity index (χ0v) is 15.6. The molecule has 2 aliphatic heterocycles. The van der Waals surface area contributed by atoms with E-state index in [1.165, 1.54) is 28.7 Å². The van der Waals surface area contributed by atoms with Crippen molar-refractivity contribution in [1.82, 2.24) is 4.90 Å². The van der Waals surface area contributed by atoms with Crippen molar-refractivity contribution in [3.05, 3.63) is 107 Å². The molecule has 3 aromatic carbocycles. The van der Waals surface area contributed by atoms with Crippen molar-refractivity contribution >= 4 is 0 Å². The summed E-state index contributed by atoms with van der Waals surface area (Å²) in [7, 11) is 0. The van der Waals surface area contributed by atoms with E-state index in [9.17, 15) is 0 Å². The fourth-order valence-corrected chi connectivity index (χ4v) is 4.82. The Morgan fingerprint density at radius 3 is 2.26 bits per heavy atom. The second kappa shape index (κ2) is 6.95. The summed E-state index contributed by atoms with van der Waals surface area (Å²) >= 11 is 0. The van der Waals surface area contributed by atoms with Crippen LogP contribution < -0.4 is 0 Å². The Hall–Kier alpha value is -2.42. The minimum Gasteiger partial charge on any atom is -0.364 e. The van der Waals surface area contributed by atoms with Crippen LogP contribution in [0.25, 0.3) is 0 Å². The van der Waals surface area contributed by atoms with Gasteiger partial charge in [-0.3, -0.25) is 4.90 Å². The molecule has 2 heterocycles. The van der Waals surface area contributed by atoms with E-state index in [1.54, 1.807) is 0 Å². The van der Waals surface area contributed by atoms with Crippen molar-refractivity contribution < 1.29 is 4.74 Å². The predicted molar refractivity (Wildman–Crippen MR) is 108 cm³/mol. The summed E-state index contributed by atoms with van der Waals surface area (Å²) in [5.74, 6) is 0. The number of ether oxygens (including phenoxy) is 1. The van der Waals surface area contributed by atoms with Gasteiger partial charge < -0.3 is 4.74 Å². The lowest BCUT2D eigenvalue weighted by molar-refractivity contribution is -0.135. The predicted octanol–water partition coefficient (Wildman–Crippen LogP) is 5.45. The van der Waals surface area contributed by atoms with Crippen molar-refractivity contribution in [2.75, 3.05) is 6.54 Å². The second-order valence-electron chi connectivity index (χ2n) is 7.80. The van der Waals surface area contributed by atoms with Crippen molar-refractivity contribution in [2.24, 2.45) is 0 Å². The molecular weight excluding hydrogens is 330 g/mol. The molecule has 1 aliphatic carbocycles. The molecule has 3 aromatic rings. The largest absolute Gasteiger partial charge is 0.364 e. The molecule has 0 saturated carbocycles. The van der Waals surface area contributed by atoms with Gasteiger partial charge >= 0.3 is 0 Å². The quantitative estimate of drug-likeness (QED) is 0.603. The van der Waals surface area contributed by atoms with Crippen LogP contribution >= 0.6 is 0 Å². The Morgan fingerprint density at radius 2 is 1.48 bits per heavy atom. The van der Waals surface area contributed by atoms with Crippen LogP contribution in [0.3, 0.4) is 0 Å².